The number of anilines is 1. The number of rotatable bonds is 6. The minimum Gasteiger partial charge on any atom is -0.494 e. The molecule has 6 nitrogen and oxygen atoms in total. The van der Waals surface area contributed by atoms with Crippen molar-refractivity contribution in [2.75, 3.05) is 11.9 Å². The molecule has 0 spiro atoms. The first kappa shape index (κ1) is 15.5. The van der Waals surface area contributed by atoms with Crippen LogP contribution < -0.4 is 10.1 Å². The lowest BCUT2D eigenvalue weighted by molar-refractivity contribution is -0.384. The Bertz CT molecular complexity index is 651. The molecule has 2 rings (SSSR count). The summed E-state index contributed by atoms with van der Waals surface area (Å²) in [6, 6.07) is 12.5. The Morgan fingerprint density at radius 2 is 1.77 bits per heavy atom. The first-order valence-corrected chi connectivity index (χ1v) is 6.89. The summed E-state index contributed by atoms with van der Waals surface area (Å²) in [7, 11) is 0. The summed E-state index contributed by atoms with van der Waals surface area (Å²) >= 11 is 0. The highest BCUT2D eigenvalue weighted by molar-refractivity contribution is 6.04. The van der Waals surface area contributed by atoms with Gasteiger partial charge in [0, 0.05) is 23.4 Å². The maximum absolute atomic E-state index is 12.1. The van der Waals surface area contributed by atoms with Crippen LogP contribution >= 0.6 is 0 Å². The van der Waals surface area contributed by atoms with Crippen LogP contribution in [0.25, 0.3) is 0 Å². The van der Waals surface area contributed by atoms with Crippen LogP contribution in [0.15, 0.2) is 48.5 Å². The Balaban J connectivity index is 2.00. The van der Waals surface area contributed by atoms with E-state index in [0.717, 1.165) is 6.42 Å². The van der Waals surface area contributed by atoms with E-state index in [1.807, 2.05) is 6.92 Å². The molecule has 0 atom stereocenters. The van der Waals surface area contributed by atoms with Crippen molar-refractivity contribution in [3.05, 3.63) is 64.2 Å². The van der Waals surface area contributed by atoms with E-state index in [0.29, 0.717) is 23.6 Å². The van der Waals surface area contributed by atoms with Gasteiger partial charge in [0.2, 0.25) is 0 Å². The van der Waals surface area contributed by atoms with Crippen LogP contribution in [-0.2, 0) is 0 Å². The van der Waals surface area contributed by atoms with Crippen LogP contribution in [0.2, 0.25) is 0 Å². The van der Waals surface area contributed by atoms with Gasteiger partial charge in [-0.2, -0.15) is 0 Å². The van der Waals surface area contributed by atoms with Crippen molar-refractivity contribution in [1.29, 1.82) is 0 Å². The summed E-state index contributed by atoms with van der Waals surface area (Å²) in [5, 5.41) is 13.3. The average molecular weight is 300 g/mol. The molecule has 0 fully saturated rings. The molecule has 0 saturated heterocycles. The van der Waals surface area contributed by atoms with E-state index >= 15 is 0 Å². The monoisotopic (exact) mass is 300 g/mol. The maximum Gasteiger partial charge on any atom is 0.269 e. The summed E-state index contributed by atoms with van der Waals surface area (Å²) < 4.78 is 5.45. The smallest absolute Gasteiger partial charge is 0.269 e. The molecule has 1 N–H and O–H groups in total. The minimum atomic E-state index is -0.485. The zero-order chi connectivity index (χ0) is 15.9. The van der Waals surface area contributed by atoms with Gasteiger partial charge in [0.15, 0.2) is 0 Å². The van der Waals surface area contributed by atoms with Crippen molar-refractivity contribution in [3.8, 4) is 5.75 Å². The molecule has 0 heterocycles. The predicted molar refractivity (Wildman–Crippen MR) is 83.3 cm³/mol. The molecular weight excluding hydrogens is 284 g/mol. The normalized spacial score (nSPS) is 10.0. The van der Waals surface area contributed by atoms with Crippen LogP contribution in [0.3, 0.4) is 0 Å². The molecule has 1 amide bonds. The molecular formula is C16H16N2O4. The molecule has 2 aromatic carbocycles. The maximum atomic E-state index is 12.1. The van der Waals surface area contributed by atoms with Gasteiger partial charge in [-0.15, -0.1) is 0 Å². The lowest BCUT2D eigenvalue weighted by Crippen LogP contribution is -2.11. The van der Waals surface area contributed by atoms with Crippen molar-refractivity contribution >= 4 is 17.3 Å². The molecule has 0 aliphatic heterocycles. The number of ether oxygens (including phenoxy) is 1. The highest BCUT2D eigenvalue weighted by Crippen LogP contribution is 2.17. The Labute approximate surface area is 127 Å². The van der Waals surface area contributed by atoms with Crippen molar-refractivity contribution in [1.82, 2.24) is 0 Å². The second-order valence-electron chi connectivity index (χ2n) is 4.63. The second kappa shape index (κ2) is 7.21. The highest BCUT2D eigenvalue weighted by Gasteiger charge is 2.08. The number of non-ortho nitro benzene ring substituents is 1. The van der Waals surface area contributed by atoms with Crippen LogP contribution in [-0.4, -0.2) is 17.4 Å². The van der Waals surface area contributed by atoms with E-state index < -0.39 is 4.92 Å². The third-order valence-corrected chi connectivity index (χ3v) is 2.93. The van der Waals surface area contributed by atoms with E-state index in [9.17, 15) is 14.9 Å². The van der Waals surface area contributed by atoms with E-state index in [1.54, 1.807) is 24.3 Å². The van der Waals surface area contributed by atoms with E-state index in [1.165, 1.54) is 24.3 Å². The van der Waals surface area contributed by atoms with Gasteiger partial charge in [0.25, 0.3) is 11.6 Å². The van der Waals surface area contributed by atoms with E-state index in [-0.39, 0.29) is 11.6 Å². The fourth-order valence-electron chi connectivity index (χ4n) is 1.79. The van der Waals surface area contributed by atoms with E-state index in [4.69, 9.17) is 4.74 Å². The Morgan fingerprint density at radius 3 is 2.32 bits per heavy atom. The molecule has 6 heteroatoms. The van der Waals surface area contributed by atoms with E-state index in [2.05, 4.69) is 5.32 Å². The Kier molecular flexibility index (Phi) is 5.08. The van der Waals surface area contributed by atoms with Crippen LogP contribution in [0.4, 0.5) is 11.4 Å². The number of carbonyl (C=O) groups is 1. The zero-order valence-electron chi connectivity index (χ0n) is 12.1. The number of nitrogens with zero attached hydrogens (tertiary/aromatic N) is 1. The minimum absolute atomic E-state index is 0.0181. The van der Waals surface area contributed by atoms with Crippen molar-refractivity contribution < 1.29 is 14.5 Å². The molecule has 0 unspecified atom stereocenters. The number of nitro groups is 1. The summed E-state index contributed by atoms with van der Waals surface area (Å²) in [6.07, 6.45) is 0.919. The molecule has 22 heavy (non-hydrogen) atoms. The van der Waals surface area contributed by atoms with Crippen LogP contribution in [0, 0.1) is 10.1 Å². The van der Waals surface area contributed by atoms with Gasteiger partial charge in [0.05, 0.1) is 11.5 Å². The third-order valence-electron chi connectivity index (χ3n) is 2.93. The van der Waals surface area contributed by atoms with Crippen LogP contribution in [0.5, 0.6) is 5.75 Å². The first-order valence-electron chi connectivity index (χ1n) is 6.89. The number of hydrogen-bond donors (Lipinski definition) is 1. The summed E-state index contributed by atoms with van der Waals surface area (Å²) in [5.74, 6) is 0.435. The number of amides is 1. The topological polar surface area (TPSA) is 81.5 Å². The fourth-order valence-corrected chi connectivity index (χ4v) is 1.79. The molecule has 0 aromatic heterocycles. The quantitative estimate of drug-likeness (QED) is 0.652. The second-order valence-corrected chi connectivity index (χ2v) is 4.63. The molecule has 114 valence electrons. The summed E-state index contributed by atoms with van der Waals surface area (Å²) in [5.41, 5.74) is 0.972. The Morgan fingerprint density at radius 1 is 1.14 bits per heavy atom. The summed E-state index contributed by atoms with van der Waals surface area (Å²) in [4.78, 5) is 22.2. The molecule has 0 radical (unpaired) electrons. The number of nitrogens with one attached hydrogen (secondary N) is 1. The lowest BCUT2D eigenvalue weighted by Gasteiger charge is -2.07. The first-order chi connectivity index (χ1) is 10.6. The third kappa shape index (κ3) is 4.05. The Hall–Kier alpha value is -2.89. The van der Waals surface area contributed by atoms with Gasteiger partial charge in [-0.3, -0.25) is 14.9 Å². The molecule has 0 aliphatic carbocycles. The van der Waals surface area contributed by atoms with Gasteiger partial charge >= 0.3 is 0 Å². The number of nitro benzene ring substituents is 1. The van der Waals surface area contributed by atoms with Crippen molar-refractivity contribution in [2.45, 2.75) is 13.3 Å². The highest BCUT2D eigenvalue weighted by atomic mass is 16.6. The van der Waals surface area contributed by atoms with Crippen molar-refractivity contribution in [2.24, 2.45) is 0 Å². The lowest BCUT2D eigenvalue weighted by atomic mass is 10.2. The largest absolute Gasteiger partial charge is 0.494 e. The van der Waals surface area contributed by atoms with Gasteiger partial charge in [-0.25, -0.2) is 0 Å². The SMILES string of the molecule is CCCOc1ccc(C(=O)Nc2ccc([N+](=O)[O-])cc2)cc1. The zero-order valence-corrected chi connectivity index (χ0v) is 12.1. The molecule has 0 saturated carbocycles. The summed E-state index contributed by atoms with van der Waals surface area (Å²) in [6.45, 7) is 2.65. The van der Waals surface area contributed by atoms with Gasteiger partial charge < -0.3 is 10.1 Å². The standard InChI is InChI=1S/C16H16N2O4/c1-2-11-22-15-9-3-12(4-10-15)16(19)17-13-5-7-14(8-6-13)18(20)21/h3-10H,2,11H2,1H3,(H,17,19). The molecule has 0 aliphatic rings. The molecule has 2 aromatic rings. The van der Waals surface area contributed by atoms with Gasteiger partial charge in [-0.1, -0.05) is 6.92 Å². The fraction of sp³-hybridized carbons (Fsp3) is 0.188. The van der Waals surface area contributed by atoms with Crippen molar-refractivity contribution in [3.63, 3.8) is 0 Å². The van der Waals surface area contributed by atoms with Gasteiger partial charge in [0.1, 0.15) is 5.75 Å². The number of hydrogen-bond acceptors (Lipinski definition) is 4. The molecule has 0 bridgehead atoms. The van der Waals surface area contributed by atoms with Gasteiger partial charge in [-0.05, 0) is 42.8 Å². The predicted octanol–water partition coefficient (Wildman–Crippen LogP) is 3.64. The number of benzene rings is 2. The number of carbonyl (C=O) groups excluding carboxylic acids is 1. The van der Waals surface area contributed by atoms with Crippen LogP contribution in [0.1, 0.15) is 23.7 Å². The average Bonchev–Trinajstić information content (AvgIpc) is 2.54.